The van der Waals surface area contributed by atoms with Crippen LogP contribution in [0.15, 0.2) is 48.7 Å². The molecule has 0 bridgehead atoms. The Morgan fingerprint density at radius 2 is 1.79 bits per heavy atom. The Morgan fingerprint density at radius 1 is 1.10 bits per heavy atom. The summed E-state index contributed by atoms with van der Waals surface area (Å²) in [5.74, 6) is 0.746. The van der Waals surface area contributed by atoms with Crippen LogP contribution in [0.1, 0.15) is 24.0 Å². The number of rotatable bonds is 6. The molecular weight excluding hydrogens is 381 g/mol. The summed E-state index contributed by atoms with van der Waals surface area (Å²) in [6.45, 7) is 5.52. The zero-order valence-corrected chi connectivity index (χ0v) is 16.3. The second-order valence-corrected chi connectivity index (χ2v) is 7.28. The molecule has 1 aromatic carbocycles. The lowest BCUT2D eigenvalue weighted by Crippen LogP contribution is -2.50. The van der Waals surface area contributed by atoms with E-state index >= 15 is 0 Å². The van der Waals surface area contributed by atoms with E-state index in [0.29, 0.717) is 45.1 Å². The first-order valence-corrected chi connectivity index (χ1v) is 9.65. The average molecular weight is 406 g/mol. The second-order valence-electron chi connectivity index (χ2n) is 7.28. The highest BCUT2D eigenvalue weighted by molar-refractivity contribution is 5.78. The third-order valence-electron chi connectivity index (χ3n) is 5.11. The highest BCUT2D eigenvalue weighted by atomic mass is 19.4. The minimum Gasteiger partial charge on any atom is -0.354 e. The molecule has 0 unspecified atom stereocenters. The van der Waals surface area contributed by atoms with Crippen molar-refractivity contribution in [3.8, 4) is 0 Å². The van der Waals surface area contributed by atoms with Crippen LogP contribution < -0.4 is 10.2 Å². The number of alkyl halides is 3. The van der Waals surface area contributed by atoms with E-state index in [1.807, 2.05) is 40.1 Å². The van der Waals surface area contributed by atoms with Crippen molar-refractivity contribution < 1.29 is 18.0 Å². The number of nitrogens with one attached hydrogen (secondary N) is 1. The zero-order valence-electron chi connectivity index (χ0n) is 16.3. The predicted molar refractivity (Wildman–Crippen MR) is 106 cm³/mol. The maximum atomic E-state index is 12.6. The van der Waals surface area contributed by atoms with Gasteiger partial charge in [0.15, 0.2) is 0 Å². The highest BCUT2D eigenvalue weighted by Gasteiger charge is 2.31. The minimum atomic E-state index is -4.38. The molecule has 1 amide bonds. The van der Waals surface area contributed by atoms with Gasteiger partial charge in [0.1, 0.15) is 5.82 Å². The number of anilines is 1. The molecule has 3 rings (SSSR count). The van der Waals surface area contributed by atoms with Gasteiger partial charge in [-0.1, -0.05) is 37.3 Å². The first kappa shape index (κ1) is 21.1. The van der Waals surface area contributed by atoms with Gasteiger partial charge in [0.25, 0.3) is 0 Å². The van der Waals surface area contributed by atoms with Gasteiger partial charge >= 0.3 is 6.18 Å². The SMILES string of the molecule is C[C@H](CNC(=O)CN1CCN(c2ccc(C(F)(F)F)cn2)CC1)c1ccccc1. The first-order chi connectivity index (χ1) is 13.8. The van der Waals surface area contributed by atoms with Crippen LogP contribution in [0.3, 0.4) is 0 Å². The molecule has 8 heteroatoms. The summed E-state index contributed by atoms with van der Waals surface area (Å²) in [7, 11) is 0. The van der Waals surface area contributed by atoms with Crippen molar-refractivity contribution in [2.24, 2.45) is 0 Å². The van der Waals surface area contributed by atoms with E-state index < -0.39 is 11.7 Å². The van der Waals surface area contributed by atoms with E-state index in [9.17, 15) is 18.0 Å². The maximum absolute atomic E-state index is 12.6. The number of nitrogens with zero attached hydrogens (tertiary/aromatic N) is 3. The summed E-state index contributed by atoms with van der Waals surface area (Å²) in [5.41, 5.74) is 0.437. The van der Waals surface area contributed by atoms with Crippen LogP contribution in [-0.2, 0) is 11.0 Å². The summed E-state index contributed by atoms with van der Waals surface area (Å²) in [6.07, 6.45) is -3.52. The van der Waals surface area contributed by atoms with E-state index in [4.69, 9.17) is 0 Å². The van der Waals surface area contributed by atoms with Gasteiger partial charge in [-0.25, -0.2) is 4.98 Å². The van der Waals surface area contributed by atoms with E-state index in [-0.39, 0.29) is 11.8 Å². The third-order valence-corrected chi connectivity index (χ3v) is 5.11. The molecule has 1 aliphatic rings. The van der Waals surface area contributed by atoms with Crippen molar-refractivity contribution >= 4 is 11.7 Å². The molecule has 1 saturated heterocycles. The molecule has 29 heavy (non-hydrogen) atoms. The average Bonchev–Trinajstić information content (AvgIpc) is 2.73. The van der Waals surface area contributed by atoms with Gasteiger partial charge in [-0.3, -0.25) is 9.69 Å². The van der Waals surface area contributed by atoms with Gasteiger partial charge in [0.05, 0.1) is 12.1 Å². The fourth-order valence-corrected chi connectivity index (χ4v) is 3.30. The Hall–Kier alpha value is -2.61. The van der Waals surface area contributed by atoms with Crippen LogP contribution in [0.5, 0.6) is 0 Å². The minimum absolute atomic E-state index is 0.0195. The Bertz CT molecular complexity index is 788. The van der Waals surface area contributed by atoms with Gasteiger partial charge in [0.2, 0.25) is 5.91 Å². The molecule has 0 spiro atoms. The number of benzene rings is 1. The summed E-state index contributed by atoms with van der Waals surface area (Å²) in [5, 5.41) is 2.98. The summed E-state index contributed by atoms with van der Waals surface area (Å²) >= 11 is 0. The van der Waals surface area contributed by atoms with Crippen LogP contribution >= 0.6 is 0 Å². The number of hydrogen-bond acceptors (Lipinski definition) is 4. The molecule has 1 aromatic heterocycles. The monoisotopic (exact) mass is 406 g/mol. The zero-order chi connectivity index (χ0) is 20.9. The van der Waals surface area contributed by atoms with Crippen LogP contribution in [-0.4, -0.2) is 55.1 Å². The molecule has 1 N–H and O–H groups in total. The van der Waals surface area contributed by atoms with Crippen LogP contribution in [0.4, 0.5) is 19.0 Å². The largest absolute Gasteiger partial charge is 0.417 e. The van der Waals surface area contributed by atoms with Gasteiger partial charge in [-0.05, 0) is 23.6 Å². The molecule has 0 saturated carbocycles. The van der Waals surface area contributed by atoms with E-state index in [0.717, 1.165) is 12.3 Å². The van der Waals surface area contributed by atoms with E-state index in [1.165, 1.54) is 11.6 Å². The van der Waals surface area contributed by atoms with Crippen molar-refractivity contribution in [2.45, 2.75) is 19.0 Å². The number of pyridine rings is 1. The quantitative estimate of drug-likeness (QED) is 0.801. The smallest absolute Gasteiger partial charge is 0.354 e. The molecule has 156 valence electrons. The molecule has 2 aromatic rings. The second kappa shape index (κ2) is 9.26. The Balaban J connectivity index is 1.42. The molecule has 0 aliphatic carbocycles. The van der Waals surface area contributed by atoms with Crippen LogP contribution in [0.25, 0.3) is 0 Å². The summed E-state index contributed by atoms with van der Waals surface area (Å²) in [6, 6.07) is 12.5. The number of amides is 1. The van der Waals surface area contributed by atoms with Gasteiger partial charge in [-0.2, -0.15) is 13.2 Å². The van der Waals surface area contributed by atoms with E-state index in [2.05, 4.69) is 17.2 Å². The first-order valence-electron chi connectivity index (χ1n) is 9.65. The summed E-state index contributed by atoms with van der Waals surface area (Å²) < 4.78 is 37.9. The predicted octanol–water partition coefficient (Wildman–Crippen LogP) is 3.14. The molecule has 1 aliphatic heterocycles. The molecule has 0 radical (unpaired) electrons. The molecular formula is C21H25F3N4O. The van der Waals surface area contributed by atoms with Crippen molar-refractivity contribution in [3.05, 3.63) is 59.8 Å². The van der Waals surface area contributed by atoms with Crippen molar-refractivity contribution in [1.82, 2.24) is 15.2 Å². The van der Waals surface area contributed by atoms with Gasteiger partial charge in [-0.15, -0.1) is 0 Å². The topological polar surface area (TPSA) is 48.5 Å². The van der Waals surface area contributed by atoms with E-state index in [1.54, 1.807) is 0 Å². The lowest BCUT2D eigenvalue weighted by molar-refractivity contribution is -0.137. The number of piperazine rings is 1. The third kappa shape index (κ3) is 5.93. The molecule has 5 nitrogen and oxygen atoms in total. The number of carbonyl (C=O) groups is 1. The fourth-order valence-electron chi connectivity index (χ4n) is 3.30. The number of hydrogen-bond donors (Lipinski definition) is 1. The number of aromatic nitrogens is 1. The van der Waals surface area contributed by atoms with Crippen molar-refractivity contribution in [1.29, 1.82) is 0 Å². The molecule has 2 heterocycles. The Kier molecular flexibility index (Phi) is 6.74. The molecule has 1 fully saturated rings. The van der Waals surface area contributed by atoms with Crippen LogP contribution in [0, 0.1) is 0 Å². The molecule has 1 atom stereocenters. The van der Waals surface area contributed by atoms with Gasteiger partial charge < -0.3 is 10.2 Å². The Labute approximate surface area is 168 Å². The van der Waals surface area contributed by atoms with Crippen molar-refractivity contribution in [3.63, 3.8) is 0 Å². The lowest BCUT2D eigenvalue weighted by atomic mass is 10.0. The normalized spacial score (nSPS) is 16.5. The lowest BCUT2D eigenvalue weighted by Gasteiger charge is -2.35. The maximum Gasteiger partial charge on any atom is 0.417 e. The fraction of sp³-hybridized carbons (Fsp3) is 0.429. The summed E-state index contributed by atoms with van der Waals surface area (Å²) in [4.78, 5) is 20.2. The van der Waals surface area contributed by atoms with Gasteiger partial charge in [0, 0.05) is 38.9 Å². The number of halogens is 3. The van der Waals surface area contributed by atoms with Crippen molar-refractivity contribution in [2.75, 3.05) is 44.2 Å². The standard InChI is InChI=1S/C21H25F3N4O/c1-16(17-5-3-2-4-6-17)13-26-20(29)15-27-9-11-28(12-10-27)19-8-7-18(14-25-19)21(22,23)24/h2-8,14,16H,9-13,15H2,1H3,(H,26,29)/t16-/m1/s1. The Morgan fingerprint density at radius 3 is 2.38 bits per heavy atom. The highest BCUT2D eigenvalue weighted by Crippen LogP contribution is 2.29. The number of carbonyl (C=O) groups excluding carboxylic acids is 1. The van der Waals surface area contributed by atoms with Crippen LogP contribution in [0.2, 0.25) is 0 Å².